The van der Waals surface area contributed by atoms with E-state index in [1.54, 1.807) is 0 Å². The summed E-state index contributed by atoms with van der Waals surface area (Å²) in [5, 5.41) is 8.18. The molecule has 0 unspecified atom stereocenters. The van der Waals surface area contributed by atoms with Crippen LogP contribution in [0, 0.1) is 12.3 Å². The average molecular weight is 128 g/mol. The number of aliphatic hydroxyl groups is 1. The molecule has 0 heterocycles. The number of carbonyl (C=O) groups excluding carboxylic acids is 1. The molecule has 0 saturated carbocycles. The van der Waals surface area contributed by atoms with Crippen LogP contribution in [0.1, 0.15) is 6.42 Å². The van der Waals surface area contributed by atoms with Crippen LogP contribution in [0.15, 0.2) is 0 Å². The smallest absolute Gasteiger partial charge is 0.309 e. The van der Waals surface area contributed by atoms with E-state index in [2.05, 4.69) is 10.7 Å². The van der Waals surface area contributed by atoms with E-state index >= 15 is 0 Å². The van der Waals surface area contributed by atoms with Crippen molar-refractivity contribution < 1.29 is 14.6 Å². The zero-order chi connectivity index (χ0) is 7.11. The fraction of sp³-hybridized carbons (Fsp3) is 0.500. The molecule has 3 nitrogen and oxygen atoms in total. The van der Waals surface area contributed by atoms with E-state index in [0.29, 0.717) is 0 Å². The summed E-state index contributed by atoms with van der Waals surface area (Å²) in [6.07, 6.45) is 4.80. The van der Waals surface area contributed by atoms with Gasteiger partial charge in [0, 0.05) is 0 Å². The maximum absolute atomic E-state index is 10.3. The summed E-state index contributed by atoms with van der Waals surface area (Å²) in [6, 6.07) is 0. The van der Waals surface area contributed by atoms with Gasteiger partial charge in [0.15, 0.2) is 6.61 Å². The Morgan fingerprint density at radius 3 is 2.89 bits per heavy atom. The molecule has 0 aliphatic rings. The lowest BCUT2D eigenvalue weighted by Crippen LogP contribution is -2.05. The normalized spacial score (nSPS) is 8.00. The molecule has 0 bridgehead atoms. The Kier molecular flexibility index (Phi) is 4.56. The molecule has 0 aromatic carbocycles. The van der Waals surface area contributed by atoms with Gasteiger partial charge in [-0.05, 0) is 0 Å². The molecule has 0 spiro atoms. The van der Waals surface area contributed by atoms with Crippen LogP contribution < -0.4 is 0 Å². The number of hydrogen-bond donors (Lipinski definition) is 1. The molecule has 0 amide bonds. The van der Waals surface area contributed by atoms with Crippen LogP contribution in [-0.4, -0.2) is 24.3 Å². The van der Waals surface area contributed by atoms with E-state index in [0.717, 1.165) is 0 Å². The largest absolute Gasteiger partial charge is 0.452 e. The molecule has 3 heteroatoms. The van der Waals surface area contributed by atoms with Crippen LogP contribution in [0.3, 0.4) is 0 Å². The van der Waals surface area contributed by atoms with Crippen molar-refractivity contribution in [3.63, 3.8) is 0 Å². The zero-order valence-corrected chi connectivity index (χ0v) is 4.96. The lowest BCUT2D eigenvalue weighted by molar-refractivity contribution is -0.142. The van der Waals surface area contributed by atoms with Crippen molar-refractivity contribution in [2.45, 2.75) is 6.42 Å². The first-order valence-electron chi connectivity index (χ1n) is 2.51. The van der Waals surface area contributed by atoms with Gasteiger partial charge in [-0.25, -0.2) is 0 Å². The van der Waals surface area contributed by atoms with Gasteiger partial charge in [0.25, 0.3) is 0 Å². The summed E-state index contributed by atoms with van der Waals surface area (Å²) in [5.74, 6) is 1.67. The van der Waals surface area contributed by atoms with E-state index in [-0.39, 0.29) is 19.6 Å². The second kappa shape index (κ2) is 5.13. The third kappa shape index (κ3) is 4.85. The number of carbonyl (C=O) groups is 1. The highest BCUT2D eigenvalue weighted by Crippen LogP contribution is 1.82. The van der Waals surface area contributed by atoms with Gasteiger partial charge in [0.2, 0.25) is 0 Å². The summed E-state index contributed by atoms with van der Waals surface area (Å²) in [7, 11) is 0. The molecule has 0 fully saturated rings. The first-order valence-corrected chi connectivity index (χ1v) is 2.51. The molecule has 0 aliphatic carbocycles. The minimum atomic E-state index is -0.463. The van der Waals surface area contributed by atoms with Crippen LogP contribution in [0.25, 0.3) is 0 Å². The molecule has 0 atom stereocenters. The SMILES string of the molecule is C#CCOC(=O)CCO. The van der Waals surface area contributed by atoms with Gasteiger partial charge in [-0.1, -0.05) is 5.92 Å². The van der Waals surface area contributed by atoms with Crippen molar-refractivity contribution in [1.29, 1.82) is 0 Å². The van der Waals surface area contributed by atoms with Crippen LogP contribution >= 0.6 is 0 Å². The first-order chi connectivity index (χ1) is 4.31. The molecule has 1 N–H and O–H groups in total. The van der Waals surface area contributed by atoms with Crippen molar-refractivity contribution in [3.05, 3.63) is 0 Å². The van der Waals surface area contributed by atoms with E-state index < -0.39 is 5.97 Å². The average Bonchev–Trinajstić information content (AvgIpc) is 1.85. The third-order valence-electron chi connectivity index (χ3n) is 0.632. The summed E-state index contributed by atoms with van der Waals surface area (Å²) >= 11 is 0. The van der Waals surface area contributed by atoms with Gasteiger partial charge in [-0.15, -0.1) is 6.42 Å². The Hall–Kier alpha value is -1.01. The zero-order valence-electron chi connectivity index (χ0n) is 4.96. The molecular formula is C6H8O3. The summed E-state index contributed by atoms with van der Waals surface area (Å²) < 4.78 is 4.40. The van der Waals surface area contributed by atoms with Gasteiger partial charge < -0.3 is 9.84 Å². The van der Waals surface area contributed by atoms with Crippen molar-refractivity contribution in [1.82, 2.24) is 0 Å². The summed E-state index contributed by atoms with van der Waals surface area (Å²) in [4.78, 5) is 10.3. The van der Waals surface area contributed by atoms with E-state index in [1.807, 2.05) is 0 Å². The predicted molar refractivity (Wildman–Crippen MR) is 31.5 cm³/mol. The summed E-state index contributed by atoms with van der Waals surface area (Å²) in [5.41, 5.74) is 0. The van der Waals surface area contributed by atoms with E-state index in [9.17, 15) is 4.79 Å². The fourth-order valence-electron chi connectivity index (χ4n) is 0.286. The minimum Gasteiger partial charge on any atom is -0.452 e. The number of aliphatic hydroxyl groups excluding tert-OH is 1. The van der Waals surface area contributed by atoms with Gasteiger partial charge in [-0.3, -0.25) is 4.79 Å². The van der Waals surface area contributed by atoms with Crippen LogP contribution in [0.2, 0.25) is 0 Å². The Balaban J connectivity index is 3.19. The lowest BCUT2D eigenvalue weighted by Gasteiger charge is -1.95. The first kappa shape index (κ1) is 7.99. The molecule has 9 heavy (non-hydrogen) atoms. The predicted octanol–water partition coefficient (Wildman–Crippen LogP) is -0.455. The minimum absolute atomic E-state index is 0.0150. The maximum atomic E-state index is 10.3. The highest BCUT2D eigenvalue weighted by atomic mass is 16.5. The standard InChI is InChI=1S/C6H8O3/c1-2-5-9-6(8)3-4-7/h1,7H,3-5H2. The number of esters is 1. The highest BCUT2D eigenvalue weighted by molar-refractivity contribution is 5.69. The number of rotatable bonds is 3. The molecule has 0 radical (unpaired) electrons. The van der Waals surface area contributed by atoms with Gasteiger partial charge in [0.1, 0.15) is 0 Å². The van der Waals surface area contributed by atoms with Crippen molar-refractivity contribution in [2.24, 2.45) is 0 Å². The van der Waals surface area contributed by atoms with Gasteiger partial charge in [-0.2, -0.15) is 0 Å². The van der Waals surface area contributed by atoms with Gasteiger partial charge >= 0.3 is 5.97 Å². The highest BCUT2D eigenvalue weighted by Gasteiger charge is 1.97. The second-order valence-corrected chi connectivity index (χ2v) is 1.34. The number of terminal acetylenes is 1. The molecule has 0 aliphatic heterocycles. The van der Waals surface area contributed by atoms with Crippen LogP contribution in [-0.2, 0) is 9.53 Å². The molecule has 0 aromatic heterocycles. The monoisotopic (exact) mass is 128 g/mol. The Morgan fingerprint density at radius 2 is 2.44 bits per heavy atom. The van der Waals surface area contributed by atoms with Crippen molar-refractivity contribution >= 4 is 5.97 Å². The molecule has 0 aromatic rings. The molecular weight excluding hydrogens is 120 g/mol. The van der Waals surface area contributed by atoms with Crippen molar-refractivity contribution in [2.75, 3.05) is 13.2 Å². The molecule has 0 saturated heterocycles. The Morgan fingerprint density at radius 1 is 1.78 bits per heavy atom. The van der Waals surface area contributed by atoms with Crippen LogP contribution in [0.5, 0.6) is 0 Å². The van der Waals surface area contributed by atoms with Crippen molar-refractivity contribution in [3.8, 4) is 12.3 Å². The topological polar surface area (TPSA) is 46.5 Å². The molecule has 50 valence electrons. The van der Waals surface area contributed by atoms with E-state index in [4.69, 9.17) is 11.5 Å². The maximum Gasteiger partial charge on any atom is 0.309 e. The number of hydrogen-bond acceptors (Lipinski definition) is 3. The molecule has 0 rings (SSSR count). The Labute approximate surface area is 53.6 Å². The Bertz CT molecular complexity index is 123. The third-order valence-corrected chi connectivity index (χ3v) is 0.632. The lowest BCUT2D eigenvalue weighted by atomic mass is 10.5. The van der Waals surface area contributed by atoms with E-state index in [1.165, 1.54) is 0 Å². The second-order valence-electron chi connectivity index (χ2n) is 1.34. The van der Waals surface area contributed by atoms with Gasteiger partial charge in [0.05, 0.1) is 13.0 Å². The summed E-state index contributed by atoms with van der Waals surface area (Å²) in [6.45, 7) is -0.206. The van der Waals surface area contributed by atoms with Crippen LogP contribution in [0.4, 0.5) is 0 Å². The number of ether oxygens (including phenoxy) is 1. The fourth-order valence-corrected chi connectivity index (χ4v) is 0.286. The quantitative estimate of drug-likeness (QED) is 0.413.